The Labute approximate surface area is 348 Å². The number of hydrogen-bond donors (Lipinski definition) is 0. The van der Waals surface area contributed by atoms with E-state index in [1.165, 1.54) is 116 Å². The Balaban J connectivity index is 1.26. The van der Waals surface area contributed by atoms with Crippen LogP contribution >= 0.6 is 23.2 Å². The molecule has 8 heteroatoms. The molecule has 0 fully saturated rings. The van der Waals surface area contributed by atoms with Gasteiger partial charge in [0.05, 0.1) is 13.2 Å². The Morgan fingerprint density at radius 3 is 0.982 bits per heavy atom. The van der Waals surface area contributed by atoms with Crippen molar-refractivity contribution in [1.82, 2.24) is 0 Å². The van der Waals surface area contributed by atoms with Crippen LogP contribution in [0.25, 0.3) is 0 Å². The molecule has 6 nitrogen and oxygen atoms in total. The van der Waals surface area contributed by atoms with E-state index in [0.717, 1.165) is 35.5 Å². The largest absolute Gasteiger partial charge is 0.494 e. The van der Waals surface area contributed by atoms with Gasteiger partial charge in [0.2, 0.25) is 0 Å². The lowest BCUT2D eigenvalue weighted by molar-refractivity contribution is -0.135. The summed E-state index contributed by atoms with van der Waals surface area (Å²) in [5.41, 5.74) is 1.82. The van der Waals surface area contributed by atoms with Crippen molar-refractivity contribution in [1.29, 1.82) is 0 Å². The zero-order valence-electron chi connectivity index (χ0n) is 34.3. The average molecular weight is 812 g/mol. The molecular formula is C48H68Cl2O6. The van der Waals surface area contributed by atoms with E-state index in [-0.39, 0.29) is 0 Å². The van der Waals surface area contributed by atoms with Gasteiger partial charge in [-0.3, -0.25) is 9.59 Å². The molecule has 310 valence electrons. The number of carbonyl (C=O) groups excluding carboxylic acids is 2. The van der Waals surface area contributed by atoms with Crippen molar-refractivity contribution < 1.29 is 28.5 Å². The van der Waals surface area contributed by atoms with Crippen LogP contribution in [0.2, 0.25) is 0 Å². The highest BCUT2D eigenvalue weighted by molar-refractivity contribution is 6.30. The third-order valence-corrected chi connectivity index (χ3v) is 10.6. The normalized spacial score (nSPS) is 12.2. The van der Waals surface area contributed by atoms with E-state index in [1.807, 2.05) is 48.5 Å². The smallest absolute Gasteiger partial charge is 0.329 e. The zero-order valence-corrected chi connectivity index (χ0v) is 35.8. The van der Waals surface area contributed by atoms with Gasteiger partial charge in [-0.05, 0) is 85.3 Å². The Morgan fingerprint density at radius 1 is 0.411 bits per heavy atom. The molecule has 0 bridgehead atoms. The first-order valence-corrected chi connectivity index (χ1v) is 22.5. The molecule has 3 rings (SSSR count). The number of alkyl halides is 2. The van der Waals surface area contributed by atoms with Gasteiger partial charge in [0, 0.05) is 0 Å². The summed E-state index contributed by atoms with van der Waals surface area (Å²) in [6.45, 7) is 5.92. The molecule has 0 aromatic heterocycles. The molecule has 0 spiro atoms. The molecule has 56 heavy (non-hydrogen) atoms. The van der Waals surface area contributed by atoms with Crippen molar-refractivity contribution in [3.63, 3.8) is 0 Å². The van der Waals surface area contributed by atoms with E-state index in [1.54, 1.807) is 24.3 Å². The topological polar surface area (TPSA) is 71.1 Å². The fraction of sp³-hybridized carbons (Fsp3) is 0.583. The third-order valence-electron chi connectivity index (χ3n) is 9.98. The van der Waals surface area contributed by atoms with Crippen molar-refractivity contribution in [2.24, 2.45) is 0 Å². The van der Waals surface area contributed by atoms with Gasteiger partial charge >= 0.3 is 11.9 Å². The summed E-state index contributed by atoms with van der Waals surface area (Å²) in [7, 11) is 0. The second-order valence-electron chi connectivity index (χ2n) is 15.0. The molecule has 3 aromatic rings. The van der Waals surface area contributed by atoms with Crippen LogP contribution in [0.3, 0.4) is 0 Å². The second kappa shape index (κ2) is 29.9. The van der Waals surface area contributed by atoms with Crippen LogP contribution in [-0.2, 0) is 22.4 Å². The van der Waals surface area contributed by atoms with Gasteiger partial charge in [-0.2, -0.15) is 0 Å². The minimum Gasteiger partial charge on any atom is -0.494 e. The molecule has 0 aliphatic rings. The molecule has 0 heterocycles. The number of unbranched alkanes of at least 4 members (excludes halogenated alkanes) is 18. The number of ether oxygens (including phenoxy) is 4. The molecule has 3 aromatic carbocycles. The van der Waals surface area contributed by atoms with Crippen molar-refractivity contribution in [3.8, 4) is 23.0 Å². The van der Waals surface area contributed by atoms with E-state index in [0.29, 0.717) is 37.6 Å². The van der Waals surface area contributed by atoms with Crippen LogP contribution < -0.4 is 18.9 Å². The second-order valence-corrected chi connectivity index (χ2v) is 16.1. The van der Waals surface area contributed by atoms with Crippen LogP contribution in [-0.4, -0.2) is 35.9 Å². The lowest BCUT2D eigenvalue weighted by Gasteiger charge is -2.12. The lowest BCUT2D eigenvalue weighted by Crippen LogP contribution is -2.23. The van der Waals surface area contributed by atoms with Crippen LogP contribution in [0.4, 0.5) is 0 Å². The predicted molar refractivity (Wildman–Crippen MR) is 232 cm³/mol. The SMILES string of the molecule is CCCCCCCCCCCCOc1ccc(CC(Cl)C(=O)Oc2ccc(OC(=O)C(Cl)Cc3ccc(OCCCCCCCCCCCC)cc3)cc2)cc1. The van der Waals surface area contributed by atoms with Crippen molar-refractivity contribution >= 4 is 35.1 Å². The van der Waals surface area contributed by atoms with E-state index in [2.05, 4.69) is 13.8 Å². The minimum absolute atomic E-state index is 0.300. The standard InChI is InChI=1S/C48H68Cl2O6/c1-3-5-7-9-11-13-15-17-19-21-35-53-41-27-23-39(24-28-41)37-45(49)47(51)55-43-31-33-44(34-32-43)56-48(52)46(50)38-40-25-29-42(30-26-40)54-36-22-20-18-16-14-12-10-8-6-4-2/h23-34,45-46H,3-22,35-38H2,1-2H3. The molecule has 0 aliphatic carbocycles. The Hall–Kier alpha value is -3.22. The summed E-state index contributed by atoms with van der Waals surface area (Å²) in [4.78, 5) is 25.4. The first-order chi connectivity index (χ1) is 27.4. The number of carbonyl (C=O) groups is 2. The maximum atomic E-state index is 12.7. The number of hydrogen-bond acceptors (Lipinski definition) is 6. The molecule has 0 N–H and O–H groups in total. The highest BCUT2D eigenvalue weighted by Crippen LogP contribution is 2.23. The number of benzene rings is 3. The Morgan fingerprint density at radius 2 is 0.679 bits per heavy atom. The minimum atomic E-state index is -0.868. The van der Waals surface area contributed by atoms with Crippen molar-refractivity contribution in [2.45, 2.75) is 166 Å². The van der Waals surface area contributed by atoms with Gasteiger partial charge < -0.3 is 18.9 Å². The molecule has 0 saturated carbocycles. The first-order valence-electron chi connectivity index (χ1n) is 21.6. The fourth-order valence-corrected chi connectivity index (χ4v) is 6.96. The van der Waals surface area contributed by atoms with Gasteiger partial charge in [0.25, 0.3) is 0 Å². The highest BCUT2D eigenvalue weighted by Gasteiger charge is 2.21. The fourth-order valence-electron chi connectivity index (χ4n) is 6.52. The molecular weight excluding hydrogens is 743 g/mol. The van der Waals surface area contributed by atoms with Crippen molar-refractivity contribution in [2.75, 3.05) is 13.2 Å². The van der Waals surface area contributed by atoms with Gasteiger partial charge in [0.1, 0.15) is 33.8 Å². The summed E-state index contributed by atoms with van der Waals surface area (Å²) in [6, 6.07) is 21.6. The van der Waals surface area contributed by atoms with Gasteiger partial charge in [-0.25, -0.2) is 0 Å². The lowest BCUT2D eigenvalue weighted by atomic mass is 10.1. The summed E-state index contributed by atoms with van der Waals surface area (Å²) in [5.74, 6) is 1.10. The maximum absolute atomic E-state index is 12.7. The summed E-state index contributed by atoms with van der Waals surface area (Å²) in [6.07, 6.45) is 26.5. The van der Waals surface area contributed by atoms with E-state index >= 15 is 0 Å². The number of esters is 2. The average Bonchev–Trinajstić information content (AvgIpc) is 3.21. The van der Waals surface area contributed by atoms with Crippen LogP contribution in [0, 0.1) is 0 Å². The number of rotatable bonds is 32. The van der Waals surface area contributed by atoms with Crippen LogP contribution in [0.15, 0.2) is 72.8 Å². The molecule has 2 atom stereocenters. The maximum Gasteiger partial charge on any atom is 0.329 e. The molecule has 0 aliphatic heterocycles. The molecule has 2 unspecified atom stereocenters. The quantitative estimate of drug-likeness (QED) is 0.0271. The number of halogens is 2. The Kier molecular flexibility index (Phi) is 25.2. The van der Waals surface area contributed by atoms with Gasteiger partial charge in [-0.1, -0.05) is 154 Å². The Bertz CT molecular complexity index is 1330. The van der Waals surface area contributed by atoms with E-state index in [4.69, 9.17) is 42.1 Å². The molecule has 0 amide bonds. The predicted octanol–water partition coefficient (Wildman–Crippen LogP) is 13.8. The third kappa shape index (κ3) is 21.3. The zero-order chi connectivity index (χ0) is 40.1. The first kappa shape index (κ1) is 47.2. The molecule has 0 radical (unpaired) electrons. The van der Waals surface area contributed by atoms with Crippen LogP contribution in [0.1, 0.15) is 153 Å². The van der Waals surface area contributed by atoms with Crippen LogP contribution in [0.5, 0.6) is 23.0 Å². The van der Waals surface area contributed by atoms with E-state index < -0.39 is 22.7 Å². The highest BCUT2D eigenvalue weighted by atomic mass is 35.5. The molecule has 0 saturated heterocycles. The summed E-state index contributed by atoms with van der Waals surface area (Å²) >= 11 is 12.8. The van der Waals surface area contributed by atoms with Crippen molar-refractivity contribution in [3.05, 3.63) is 83.9 Å². The summed E-state index contributed by atoms with van der Waals surface area (Å²) < 4.78 is 22.8. The summed E-state index contributed by atoms with van der Waals surface area (Å²) in [5, 5.41) is -1.74. The van der Waals surface area contributed by atoms with Gasteiger partial charge in [0.15, 0.2) is 0 Å². The van der Waals surface area contributed by atoms with E-state index in [9.17, 15) is 9.59 Å². The monoisotopic (exact) mass is 810 g/mol. The van der Waals surface area contributed by atoms with Gasteiger partial charge in [-0.15, -0.1) is 23.2 Å².